The lowest BCUT2D eigenvalue weighted by Crippen LogP contribution is -2.42. The summed E-state index contributed by atoms with van der Waals surface area (Å²) in [5, 5.41) is 11.9. The summed E-state index contributed by atoms with van der Waals surface area (Å²) in [5.41, 5.74) is 0.930. The smallest absolute Gasteiger partial charge is 0.321 e. The molecular formula is C22H31NO8S. The Labute approximate surface area is 188 Å². The number of hydrogen-bond donors (Lipinski definition) is 3. The van der Waals surface area contributed by atoms with E-state index in [0.29, 0.717) is 37.3 Å². The van der Waals surface area contributed by atoms with Gasteiger partial charge in [-0.3, -0.25) is 14.1 Å². The van der Waals surface area contributed by atoms with Gasteiger partial charge < -0.3 is 19.9 Å². The van der Waals surface area contributed by atoms with E-state index in [1.165, 1.54) is 0 Å². The number of carbonyl (C=O) groups excluding carboxylic acids is 1. The molecule has 0 radical (unpaired) electrons. The van der Waals surface area contributed by atoms with Crippen molar-refractivity contribution in [1.29, 1.82) is 0 Å². The van der Waals surface area contributed by atoms with E-state index in [2.05, 4.69) is 5.32 Å². The topological polar surface area (TPSA) is 139 Å². The van der Waals surface area contributed by atoms with Crippen LogP contribution in [0.3, 0.4) is 0 Å². The molecule has 1 aromatic rings. The average molecular weight is 470 g/mol. The third-order valence-electron chi connectivity index (χ3n) is 7.53. The van der Waals surface area contributed by atoms with Crippen LogP contribution >= 0.6 is 0 Å². The van der Waals surface area contributed by atoms with Crippen LogP contribution in [0.2, 0.25) is 0 Å². The van der Waals surface area contributed by atoms with Gasteiger partial charge in [-0.15, -0.1) is 0 Å². The predicted octanol–water partition coefficient (Wildman–Crippen LogP) is 2.07. The fraction of sp³-hybridized carbons (Fsp3) is 0.636. The number of rotatable bonds is 5. The van der Waals surface area contributed by atoms with Gasteiger partial charge in [-0.1, -0.05) is 13.8 Å². The highest BCUT2D eigenvalue weighted by Crippen LogP contribution is 2.64. The first-order valence-corrected chi connectivity index (χ1v) is 12.1. The first-order chi connectivity index (χ1) is 14.8. The molecule has 2 saturated carbocycles. The van der Waals surface area contributed by atoms with Crippen molar-refractivity contribution >= 4 is 21.9 Å². The van der Waals surface area contributed by atoms with Gasteiger partial charge in [0.1, 0.15) is 11.8 Å². The van der Waals surface area contributed by atoms with E-state index in [9.17, 15) is 18.0 Å². The van der Waals surface area contributed by atoms with Crippen molar-refractivity contribution < 1.29 is 37.1 Å². The number of nitrogens with one attached hydrogen (secondary N) is 1. The van der Waals surface area contributed by atoms with Gasteiger partial charge in [-0.2, -0.15) is 8.42 Å². The van der Waals surface area contributed by atoms with Crippen LogP contribution in [0.5, 0.6) is 11.5 Å². The van der Waals surface area contributed by atoms with Gasteiger partial charge >= 0.3 is 5.97 Å². The number of aliphatic carboxylic acids is 1. The molecule has 2 fully saturated rings. The Morgan fingerprint density at radius 2 is 1.75 bits per heavy atom. The van der Waals surface area contributed by atoms with Crippen LogP contribution < -0.4 is 14.8 Å². The Hall–Kier alpha value is -2.17. The Morgan fingerprint density at radius 1 is 1.16 bits per heavy atom. The number of hydrogen-bond acceptors (Lipinski definition) is 7. The summed E-state index contributed by atoms with van der Waals surface area (Å²) in [4.78, 5) is 22.8. The summed E-state index contributed by atoms with van der Waals surface area (Å²) in [5.74, 6) is 0.375. The number of fused-ring (bicyclic) bond motifs is 3. The summed E-state index contributed by atoms with van der Waals surface area (Å²) in [6.07, 6.45) is 2.44. The van der Waals surface area contributed by atoms with E-state index in [1.54, 1.807) is 14.2 Å². The van der Waals surface area contributed by atoms with Gasteiger partial charge in [0.2, 0.25) is 0 Å². The van der Waals surface area contributed by atoms with Gasteiger partial charge in [-0.25, -0.2) is 0 Å². The van der Waals surface area contributed by atoms with Crippen LogP contribution in [0, 0.1) is 16.7 Å². The van der Waals surface area contributed by atoms with Gasteiger partial charge in [0, 0.05) is 13.0 Å². The number of methoxy groups -OCH3 is 2. The second-order valence-corrected chi connectivity index (χ2v) is 10.8. The van der Waals surface area contributed by atoms with Crippen molar-refractivity contribution in [3.05, 3.63) is 23.3 Å². The van der Waals surface area contributed by atoms with Crippen LogP contribution in [-0.2, 0) is 32.7 Å². The minimum absolute atomic E-state index is 0.0152. The van der Waals surface area contributed by atoms with E-state index >= 15 is 0 Å². The molecule has 0 aromatic heterocycles. The van der Waals surface area contributed by atoms with Crippen molar-refractivity contribution in [2.45, 2.75) is 52.1 Å². The number of benzene rings is 1. The largest absolute Gasteiger partial charge is 0.493 e. The quantitative estimate of drug-likeness (QED) is 0.553. The Morgan fingerprint density at radius 3 is 2.19 bits per heavy atom. The predicted molar refractivity (Wildman–Crippen MR) is 116 cm³/mol. The van der Waals surface area contributed by atoms with Crippen LogP contribution in [0.25, 0.3) is 0 Å². The minimum atomic E-state index is -4.08. The van der Waals surface area contributed by atoms with Crippen LogP contribution in [0.1, 0.15) is 44.2 Å². The maximum Gasteiger partial charge on any atom is 0.321 e. The van der Waals surface area contributed by atoms with Gasteiger partial charge in [0.15, 0.2) is 11.5 Å². The second kappa shape index (κ2) is 8.64. The molecule has 0 spiro atoms. The molecule has 0 saturated heterocycles. The zero-order valence-electron chi connectivity index (χ0n) is 18.8. The number of carbonyl (C=O) groups is 2. The summed E-state index contributed by atoms with van der Waals surface area (Å²) in [6.45, 7) is 4.42. The Bertz CT molecular complexity index is 1020. The van der Waals surface area contributed by atoms with Crippen LogP contribution in [0.4, 0.5) is 0 Å². The molecule has 32 heavy (non-hydrogen) atoms. The third-order valence-corrected chi connectivity index (χ3v) is 8.39. The summed E-state index contributed by atoms with van der Waals surface area (Å²) in [7, 11) is -0.923. The third kappa shape index (κ3) is 4.35. The molecule has 3 aliphatic rings. The number of carboxylic acids is 1. The Kier molecular flexibility index (Phi) is 6.61. The normalized spacial score (nSPS) is 27.8. The van der Waals surface area contributed by atoms with E-state index < -0.39 is 33.3 Å². The average Bonchev–Trinajstić information content (AvgIpc) is 3.05. The first-order valence-electron chi connectivity index (χ1n) is 10.5. The second-order valence-electron chi connectivity index (χ2n) is 9.34. The maximum atomic E-state index is 11.9. The van der Waals surface area contributed by atoms with E-state index in [4.69, 9.17) is 19.1 Å². The highest BCUT2D eigenvalue weighted by Gasteiger charge is 2.65. The van der Waals surface area contributed by atoms with Crippen molar-refractivity contribution in [2.75, 3.05) is 20.0 Å². The molecule has 9 nitrogen and oxygen atoms in total. The fourth-order valence-electron chi connectivity index (χ4n) is 5.44. The lowest BCUT2D eigenvalue weighted by molar-refractivity contribution is -0.139. The molecule has 1 aliphatic heterocycles. The molecule has 178 valence electrons. The zero-order chi connectivity index (χ0) is 23.9. The molecule has 10 heteroatoms. The highest BCUT2D eigenvalue weighted by atomic mass is 32.2. The lowest BCUT2D eigenvalue weighted by Gasteiger charge is -2.35. The van der Waals surface area contributed by atoms with Crippen molar-refractivity contribution in [1.82, 2.24) is 5.32 Å². The number of carboxylic acid groups (broad SMARTS) is 1. The highest BCUT2D eigenvalue weighted by molar-refractivity contribution is 7.85. The zero-order valence-corrected chi connectivity index (χ0v) is 19.6. The van der Waals surface area contributed by atoms with E-state index in [0.717, 1.165) is 17.5 Å². The van der Waals surface area contributed by atoms with Crippen molar-refractivity contribution in [2.24, 2.45) is 16.7 Å². The number of ether oxygens (including phenoxy) is 2. The fourth-order valence-corrected chi connectivity index (χ4v) is 6.74. The SMILES string of the molecule is CC1(C)[C@H]2CC[C@]1(CS(=O)(=O)O)C(=O)C2.COc1cc2c(cc1OC)C[C@@H](C(=O)O)NC2. The van der Waals surface area contributed by atoms with E-state index in [-0.39, 0.29) is 17.1 Å². The Balaban J connectivity index is 0.000000182. The van der Waals surface area contributed by atoms with Gasteiger partial charge in [0.25, 0.3) is 10.1 Å². The molecule has 4 rings (SSSR count). The van der Waals surface area contributed by atoms with E-state index in [1.807, 2.05) is 26.0 Å². The van der Waals surface area contributed by atoms with Gasteiger partial charge in [0.05, 0.1) is 25.4 Å². The number of ketones is 1. The molecule has 2 bridgehead atoms. The summed E-state index contributed by atoms with van der Waals surface area (Å²) >= 11 is 0. The van der Waals surface area contributed by atoms with Crippen LogP contribution in [0.15, 0.2) is 12.1 Å². The molecule has 1 aromatic carbocycles. The molecular weight excluding hydrogens is 438 g/mol. The van der Waals surface area contributed by atoms with Crippen molar-refractivity contribution in [3.63, 3.8) is 0 Å². The summed E-state index contributed by atoms with van der Waals surface area (Å²) in [6, 6.07) is 3.21. The first kappa shape index (κ1) is 24.5. The molecule has 3 atom stereocenters. The molecule has 1 heterocycles. The maximum absolute atomic E-state index is 11.9. The molecule has 2 aliphatic carbocycles. The van der Waals surface area contributed by atoms with Gasteiger partial charge in [-0.05, 0) is 53.9 Å². The van der Waals surface area contributed by atoms with Crippen molar-refractivity contribution in [3.8, 4) is 11.5 Å². The molecule has 0 amide bonds. The number of Topliss-reactive ketones (excluding diaryl/α,β-unsaturated/α-hetero) is 1. The standard InChI is InChI=1S/C12H15NO4.C10H16O4S/c1-16-10-4-7-3-9(12(14)15)13-6-8(7)5-11(10)17-2;1-9(2)7-3-4-10(9,8(11)5-7)6-15(12,13)14/h4-5,9,13H,3,6H2,1-2H3,(H,14,15);7H,3-6H2,1-2H3,(H,12,13,14)/t9-;7-,10-/m00/s1. The van der Waals surface area contributed by atoms with Crippen LogP contribution in [-0.4, -0.2) is 55.8 Å². The molecule has 0 unspecified atom stereocenters. The minimum Gasteiger partial charge on any atom is -0.493 e. The monoisotopic (exact) mass is 469 g/mol. The molecule has 3 N–H and O–H groups in total. The summed E-state index contributed by atoms with van der Waals surface area (Å²) < 4.78 is 41.4. The lowest BCUT2D eigenvalue weighted by atomic mass is 9.70.